The molecule has 0 radical (unpaired) electrons. The summed E-state index contributed by atoms with van der Waals surface area (Å²) in [5.74, 6) is 1.91. The maximum absolute atomic E-state index is 12.2. The number of nitrogens with zero attached hydrogens (tertiary/aromatic N) is 2. The van der Waals surface area contributed by atoms with Gasteiger partial charge in [0, 0.05) is 7.05 Å². The van der Waals surface area contributed by atoms with Crippen LogP contribution in [0.4, 0.5) is 4.79 Å². The van der Waals surface area contributed by atoms with Crippen molar-refractivity contribution >= 4 is 17.1 Å². The van der Waals surface area contributed by atoms with Gasteiger partial charge in [-0.25, -0.2) is 9.78 Å². The van der Waals surface area contributed by atoms with Gasteiger partial charge in [0.2, 0.25) is 0 Å². The Balaban J connectivity index is 1.70. The number of ether oxygens (including phenoxy) is 3. The van der Waals surface area contributed by atoms with Gasteiger partial charge in [0.25, 0.3) is 0 Å². The molecule has 0 saturated heterocycles. The molecule has 1 aromatic heterocycles. The number of benzene rings is 2. The summed E-state index contributed by atoms with van der Waals surface area (Å²) in [5.41, 5.74) is 2.33. The van der Waals surface area contributed by atoms with Crippen LogP contribution in [0.5, 0.6) is 11.5 Å². The highest BCUT2D eigenvalue weighted by atomic mass is 16.6. The second kappa shape index (κ2) is 7.77. The Bertz CT molecular complexity index is 851. The second-order valence-corrected chi connectivity index (χ2v) is 5.77. The zero-order valence-corrected chi connectivity index (χ0v) is 15.0. The summed E-state index contributed by atoms with van der Waals surface area (Å²) in [6, 6.07) is 13.1. The van der Waals surface area contributed by atoms with E-state index in [0.717, 1.165) is 11.1 Å². The van der Waals surface area contributed by atoms with Crippen molar-refractivity contribution in [2.75, 3.05) is 21.3 Å². The van der Waals surface area contributed by atoms with Gasteiger partial charge in [-0.15, -0.1) is 0 Å². The number of hydrogen-bond donors (Lipinski definition) is 1. The number of fused-ring (bicyclic) bond motifs is 1. The first-order valence-corrected chi connectivity index (χ1v) is 8.13. The van der Waals surface area contributed by atoms with E-state index in [9.17, 15) is 4.79 Å². The van der Waals surface area contributed by atoms with Gasteiger partial charge in [-0.2, -0.15) is 0 Å². The number of H-pyrrole nitrogens is 1. The van der Waals surface area contributed by atoms with Crippen LogP contribution in [0.25, 0.3) is 11.0 Å². The van der Waals surface area contributed by atoms with Gasteiger partial charge in [0.15, 0.2) is 0 Å². The summed E-state index contributed by atoms with van der Waals surface area (Å²) in [7, 11) is 4.84. The third-order valence-electron chi connectivity index (χ3n) is 3.96. The van der Waals surface area contributed by atoms with Crippen LogP contribution < -0.4 is 9.47 Å². The van der Waals surface area contributed by atoms with Gasteiger partial charge in [0.1, 0.15) is 35.0 Å². The number of nitrogens with one attached hydrogen (secondary N) is 1. The van der Waals surface area contributed by atoms with Crippen LogP contribution in [0.2, 0.25) is 0 Å². The predicted molar refractivity (Wildman–Crippen MR) is 97.3 cm³/mol. The molecule has 0 saturated carbocycles. The number of hydrogen-bond acceptors (Lipinski definition) is 5. The van der Waals surface area contributed by atoms with E-state index < -0.39 is 6.09 Å². The zero-order valence-electron chi connectivity index (χ0n) is 15.0. The van der Waals surface area contributed by atoms with Crippen molar-refractivity contribution in [2.45, 2.75) is 13.2 Å². The third kappa shape index (κ3) is 3.72. The molecule has 0 aliphatic carbocycles. The summed E-state index contributed by atoms with van der Waals surface area (Å²) in [6.45, 7) is 0.500. The fraction of sp³-hybridized carbons (Fsp3) is 0.263. The molecule has 7 heteroatoms. The van der Waals surface area contributed by atoms with Crippen molar-refractivity contribution < 1.29 is 19.0 Å². The highest BCUT2D eigenvalue weighted by Gasteiger charge is 2.16. The minimum Gasteiger partial charge on any atom is -0.494 e. The minimum absolute atomic E-state index is 0.228. The van der Waals surface area contributed by atoms with E-state index in [-0.39, 0.29) is 13.2 Å². The molecule has 0 aliphatic rings. The number of aromatic nitrogens is 2. The average Bonchev–Trinajstić information content (AvgIpc) is 3.09. The SMILES string of the molecule is COc1ccc(OC)c2[nH]c(CN(C)C(=O)OCc3ccccc3)nc12. The second-order valence-electron chi connectivity index (χ2n) is 5.77. The lowest BCUT2D eigenvalue weighted by molar-refractivity contribution is 0.102. The highest BCUT2D eigenvalue weighted by Crippen LogP contribution is 2.31. The average molecular weight is 355 g/mol. The third-order valence-corrected chi connectivity index (χ3v) is 3.96. The van der Waals surface area contributed by atoms with Crippen LogP contribution in [0.15, 0.2) is 42.5 Å². The van der Waals surface area contributed by atoms with E-state index in [1.54, 1.807) is 33.4 Å². The lowest BCUT2D eigenvalue weighted by Gasteiger charge is -2.15. The molecule has 3 rings (SSSR count). The van der Waals surface area contributed by atoms with Crippen LogP contribution in [0, 0.1) is 0 Å². The normalized spacial score (nSPS) is 10.6. The zero-order chi connectivity index (χ0) is 18.5. The van der Waals surface area contributed by atoms with E-state index in [1.807, 2.05) is 30.3 Å². The Morgan fingerprint density at radius 3 is 2.46 bits per heavy atom. The largest absolute Gasteiger partial charge is 0.494 e. The van der Waals surface area contributed by atoms with Crippen molar-refractivity contribution in [1.82, 2.24) is 14.9 Å². The molecule has 3 aromatic rings. The van der Waals surface area contributed by atoms with Gasteiger partial charge >= 0.3 is 6.09 Å². The molecule has 1 N–H and O–H groups in total. The summed E-state index contributed by atoms with van der Waals surface area (Å²) in [5, 5.41) is 0. The number of amides is 1. The molecule has 0 bridgehead atoms. The summed E-state index contributed by atoms with van der Waals surface area (Å²) in [4.78, 5) is 21.4. The van der Waals surface area contributed by atoms with Crippen molar-refractivity contribution in [2.24, 2.45) is 0 Å². The summed E-state index contributed by atoms with van der Waals surface area (Å²) < 4.78 is 16.0. The maximum Gasteiger partial charge on any atom is 0.410 e. The van der Waals surface area contributed by atoms with Crippen LogP contribution in [0.1, 0.15) is 11.4 Å². The predicted octanol–water partition coefficient (Wildman–Crippen LogP) is 3.35. The fourth-order valence-corrected chi connectivity index (χ4v) is 2.62. The number of rotatable bonds is 6. The van der Waals surface area contributed by atoms with Crippen molar-refractivity contribution in [1.29, 1.82) is 0 Å². The van der Waals surface area contributed by atoms with Gasteiger partial charge in [-0.05, 0) is 17.7 Å². The first kappa shape index (κ1) is 17.6. The van der Waals surface area contributed by atoms with Crippen LogP contribution in [-0.2, 0) is 17.9 Å². The van der Waals surface area contributed by atoms with Gasteiger partial charge in [-0.3, -0.25) is 0 Å². The van der Waals surface area contributed by atoms with Crippen LogP contribution in [0.3, 0.4) is 0 Å². The lowest BCUT2D eigenvalue weighted by Crippen LogP contribution is -2.27. The molecule has 7 nitrogen and oxygen atoms in total. The molecule has 2 aromatic carbocycles. The van der Waals surface area contributed by atoms with E-state index in [1.165, 1.54) is 4.90 Å². The molecular formula is C19H21N3O4. The monoisotopic (exact) mass is 355 g/mol. The smallest absolute Gasteiger partial charge is 0.410 e. The van der Waals surface area contributed by atoms with Crippen LogP contribution >= 0.6 is 0 Å². The first-order valence-electron chi connectivity index (χ1n) is 8.13. The Morgan fingerprint density at radius 2 is 1.77 bits per heavy atom. The minimum atomic E-state index is -0.423. The van der Waals surface area contributed by atoms with Gasteiger partial charge < -0.3 is 24.1 Å². The highest BCUT2D eigenvalue weighted by molar-refractivity contribution is 5.87. The number of carbonyl (C=O) groups excluding carboxylic acids is 1. The number of carbonyl (C=O) groups is 1. The van der Waals surface area contributed by atoms with E-state index >= 15 is 0 Å². The number of methoxy groups -OCH3 is 2. The number of aromatic amines is 1. The van der Waals surface area contributed by atoms with E-state index in [4.69, 9.17) is 14.2 Å². The topological polar surface area (TPSA) is 76.7 Å². The van der Waals surface area contributed by atoms with Gasteiger partial charge in [-0.1, -0.05) is 30.3 Å². The molecule has 1 heterocycles. The fourth-order valence-electron chi connectivity index (χ4n) is 2.62. The number of imidazole rings is 1. The first-order chi connectivity index (χ1) is 12.6. The van der Waals surface area contributed by atoms with Crippen molar-refractivity contribution in [3.05, 3.63) is 53.9 Å². The quantitative estimate of drug-likeness (QED) is 0.734. The maximum atomic E-state index is 12.2. The summed E-state index contributed by atoms with van der Waals surface area (Å²) >= 11 is 0. The summed E-state index contributed by atoms with van der Waals surface area (Å²) in [6.07, 6.45) is -0.423. The van der Waals surface area contributed by atoms with E-state index in [2.05, 4.69) is 9.97 Å². The van der Waals surface area contributed by atoms with Crippen molar-refractivity contribution in [3.63, 3.8) is 0 Å². The Hall–Kier alpha value is -3.22. The van der Waals surface area contributed by atoms with E-state index in [0.29, 0.717) is 22.8 Å². The molecule has 0 atom stereocenters. The van der Waals surface area contributed by atoms with Gasteiger partial charge in [0.05, 0.1) is 20.8 Å². The Kier molecular flexibility index (Phi) is 5.26. The molecular weight excluding hydrogens is 334 g/mol. The Morgan fingerprint density at radius 1 is 1.08 bits per heavy atom. The molecule has 1 amide bonds. The Labute approximate surface area is 151 Å². The van der Waals surface area contributed by atoms with Crippen molar-refractivity contribution in [3.8, 4) is 11.5 Å². The standard InChI is InChI=1S/C19H21N3O4/c1-22(19(23)26-12-13-7-5-4-6-8-13)11-16-20-17-14(24-2)9-10-15(25-3)18(17)21-16/h4-10H,11-12H2,1-3H3,(H,20,21). The molecule has 136 valence electrons. The molecule has 0 aliphatic heterocycles. The molecule has 26 heavy (non-hydrogen) atoms. The molecule has 0 spiro atoms. The molecule has 0 unspecified atom stereocenters. The molecule has 0 fully saturated rings. The lowest BCUT2D eigenvalue weighted by atomic mass is 10.2. The van der Waals surface area contributed by atoms with Crippen LogP contribution in [-0.4, -0.2) is 42.2 Å².